The van der Waals surface area contributed by atoms with Crippen molar-refractivity contribution in [2.24, 2.45) is 11.8 Å². The first-order valence-corrected chi connectivity index (χ1v) is 23.6. The zero-order chi connectivity index (χ0) is 43.8. The van der Waals surface area contributed by atoms with Gasteiger partial charge in [-0.05, 0) is 99.2 Å². The second-order valence-electron chi connectivity index (χ2n) is 17.0. The van der Waals surface area contributed by atoms with Crippen LogP contribution < -0.4 is 20.1 Å². The number of nitrogens with zero attached hydrogens (tertiary/aromatic N) is 6. The third-order valence-corrected chi connectivity index (χ3v) is 13.5. The van der Waals surface area contributed by atoms with E-state index in [-0.39, 0.29) is 35.8 Å². The van der Waals surface area contributed by atoms with Crippen molar-refractivity contribution in [2.75, 3.05) is 69.5 Å². The molecule has 14 nitrogen and oxygen atoms in total. The second kappa shape index (κ2) is 23.3. The monoisotopic (exact) mass is 878 g/mol. The molecular weight excluding hydrogens is 817 g/mol. The van der Waals surface area contributed by atoms with Gasteiger partial charge in [-0.2, -0.15) is 0 Å². The van der Waals surface area contributed by atoms with E-state index in [1.165, 1.54) is 23.3 Å². The summed E-state index contributed by atoms with van der Waals surface area (Å²) in [5.41, 5.74) is 5.67. The van der Waals surface area contributed by atoms with Crippen molar-refractivity contribution in [1.82, 2.24) is 29.6 Å². The van der Waals surface area contributed by atoms with Crippen LogP contribution in [-0.2, 0) is 22.6 Å². The van der Waals surface area contributed by atoms with Gasteiger partial charge in [0.05, 0.1) is 11.2 Å². The fraction of sp³-hybridized carbons (Fsp3) is 0.500. The number of piperazine rings is 2. The highest BCUT2D eigenvalue weighted by molar-refractivity contribution is 7.09. The first kappa shape index (κ1) is 45.6. The number of hydrogen-bond donors (Lipinski definition) is 2. The Balaban J connectivity index is 0.000000189. The van der Waals surface area contributed by atoms with Gasteiger partial charge in [-0.15, -0.1) is 11.3 Å². The van der Waals surface area contributed by atoms with Gasteiger partial charge in [0.25, 0.3) is 0 Å². The van der Waals surface area contributed by atoms with Gasteiger partial charge in [0.1, 0.15) is 11.5 Å². The van der Waals surface area contributed by atoms with Crippen molar-refractivity contribution < 1.29 is 28.7 Å². The third-order valence-electron chi connectivity index (χ3n) is 12.5. The second-order valence-corrected chi connectivity index (χ2v) is 17.9. The lowest BCUT2D eigenvalue weighted by molar-refractivity contribution is -0.121. The maximum Gasteiger partial charge on any atom is 0.415 e. The number of amides is 4. The fourth-order valence-electron chi connectivity index (χ4n) is 8.58. The van der Waals surface area contributed by atoms with Gasteiger partial charge in [-0.3, -0.25) is 24.4 Å². The number of ether oxygens (including phenoxy) is 2. The fourth-order valence-corrected chi connectivity index (χ4v) is 9.35. The van der Waals surface area contributed by atoms with Crippen LogP contribution >= 0.6 is 11.3 Å². The van der Waals surface area contributed by atoms with Crippen LogP contribution in [0.4, 0.5) is 21.0 Å². The normalized spacial score (nSPS) is 17.9. The Morgan fingerprint density at radius 1 is 0.651 bits per heavy atom. The average Bonchev–Trinajstić information content (AvgIpc) is 3.75. The molecule has 15 heteroatoms. The first-order chi connectivity index (χ1) is 30.8. The molecule has 2 aliphatic carbocycles. The number of carbonyl (C=O) groups is 4. The molecule has 2 aromatic carbocycles. The molecule has 4 fully saturated rings. The van der Waals surface area contributed by atoms with Gasteiger partial charge >= 0.3 is 12.2 Å². The number of pyridine rings is 1. The Kier molecular flexibility index (Phi) is 16.9. The molecule has 63 heavy (non-hydrogen) atoms. The molecule has 0 atom stereocenters. The number of rotatable bonds is 11. The number of hydrogen-bond acceptors (Lipinski definition) is 11. The smallest absolute Gasteiger partial charge is 0.410 e. The van der Waals surface area contributed by atoms with Gasteiger partial charge in [-0.25, -0.2) is 14.6 Å². The lowest BCUT2D eigenvalue weighted by atomic mass is 9.88. The first-order valence-electron chi connectivity index (χ1n) is 22.7. The lowest BCUT2D eigenvalue weighted by Crippen LogP contribution is -2.49. The summed E-state index contributed by atoms with van der Waals surface area (Å²) >= 11 is 1.71. The van der Waals surface area contributed by atoms with E-state index in [1.807, 2.05) is 17.8 Å². The highest BCUT2D eigenvalue weighted by Gasteiger charge is 2.26. The number of carbonyl (C=O) groups excluding carboxylic acids is 4. The molecule has 336 valence electrons. The zero-order valence-electron chi connectivity index (χ0n) is 36.6. The number of anilines is 2. The number of thiazole rings is 1. The highest BCUT2D eigenvalue weighted by Crippen LogP contribution is 2.27. The minimum absolute atomic E-state index is 0.0913. The van der Waals surface area contributed by atoms with Gasteiger partial charge < -0.3 is 29.9 Å². The van der Waals surface area contributed by atoms with E-state index >= 15 is 0 Å². The highest BCUT2D eigenvalue weighted by atomic mass is 32.1. The van der Waals surface area contributed by atoms with Crippen LogP contribution in [0, 0.1) is 18.8 Å². The minimum atomic E-state index is -0.333. The third kappa shape index (κ3) is 14.1. The average molecular weight is 879 g/mol. The van der Waals surface area contributed by atoms with E-state index in [0.717, 1.165) is 114 Å². The van der Waals surface area contributed by atoms with Crippen LogP contribution in [0.2, 0.25) is 0 Å². The van der Waals surface area contributed by atoms with Gasteiger partial charge in [0, 0.05) is 106 Å². The summed E-state index contributed by atoms with van der Waals surface area (Å²) in [6.45, 7) is 9.77. The van der Waals surface area contributed by atoms with Crippen LogP contribution in [0.25, 0.3) is 0 Å². The molecular formula is C48H62N8O6S. The van der Waals surface area contributed by atoms with Gasteiger partial charge in [0.2, 0.25) is 11.8 Å². The van der Waals surface area contributed by atoms with Crippen LogP contribution in [-0.4, -0.2) is 112 Å². The van der Waals surface area contributed by atoms with Crippen LogP contribution in [0.15, 0.2) is 78.6 Å². The molecule has 2 saturated heterocycles. The zero-order valence-corrected chi connectivity index (χ0v) is 37.4. The molecule has 0 unspecified atom stereocenters. The molecule has 2 aliphatic heterocycles. The summed E-state index contributed by atoms with van der Waals surface area (Å²) < 4.78 is 11.1. The standard InChI is InChI=1S/C24H32N4O3S.C24H30N4O3/c1-18-22(32-17-25-18)11-12-27-13-15-28(16-14-27)24(30)31-21-9-7-20(8-10-21)26-23(29)19-5-3-2-4-6-19;29-23(20-6-2-1-3-7-20)26-21-8-10-22(11-9-21)31-24(30)28-15-13-27(14-16-28)18-19-5-4-12-25-17-19/h7-10,17,19H,2-6,11-16H2,1H3,(H,26,29);4-5,8-12,17,20H,1-3,6-7,13-16,18H2,(H,26,29). The number of nitrogens with one attached hydrogen (secondary N) is 2. The summed E-state index contributed by atoms with van der Waals surface area (Å²) in [7, 11) is 0. The summed E-state index contributed by atoms with van der Waals surface area (Å²) in [5.74, 6) is 1.40. The van der Waals surface area contributed by atoms with E-state index in [2.05, 4.69) is 43.4 Å². The Labute approximate surface area is 375 Å². The van der Waals surface area contributed by atoms with Crippen molar-refractivity contribution in [3.63, 3.8) is 0 Å². The molecule has 8 rings (SSSR count). The van der Waals surface area contributed by atoms with Crippen molar-refractivity contribution in [2.45, 2.75) is 84.1 Å². The Bertz CT molecular complexity index is 2060. The molecule has 4 aromatic rings. The van der Waals surface area contributed by atoms with E-state index < -0.39 is 0 Å². The molecule has 2 saturated carbocycles. The van der Waals surface area contributed by atoms with Crippen molar-refractivity contribution in [1.29, 1.82) is 0 Å². The largest absolute Gasteiger partial charge is 0.415 e. The molecule has 2 N–H and O–H groups in total. The Hall–Kier alpha value is -5.38. The summed E-state index contributed by atoms with van der Waals surface area (Å²) in [6, 6.07) is 18.1. The SMILES string of the molecule is Cc1ncsc1CCN1CCN(C(=O)Oc2ccc(NC(=O)C3CCCCC3)cc2)CC1.O=C(Nc1ccc(OC(=O)N2CCN(Cc3cccnc3)CC2)cc1)C1CCCCC1. The van der Waals surface area contributed by atoms with E-state index in [0.29, 0.717) is 37.7 Å². The van der Waals surface area contributed by atoms with Crippen LogP contribution in [0.1, 0.15) is 80.3 Å². The van der Waals surface area contributed by atoms with Gasteiger partial charge in [-0.1, -0.05) is 44.6 Å². The van der Waals surface area contributed by atoms with Crippen LogP contribution in [0.5, 0.6) is 11.5 Å². The van der Waals surface area contributed by atoms with E-state index in [1.54, 1.807) is 75.9 Å². The van der Waals surface area contributed by atoms with Crippen LogP contribution in [0.3, 0.4) is 0 Å². The number of aromatic nitrogens is 2. The maximum absolute atomic E-state index is 12.5. The summed E-state index contributed by atoms with van der Waals surface area (Å²) in [6.07, 6.45) is 14.9. The lowest BCUT2D eigenvalue weighted by Gasteiger charge is -2.33. The van der Waals surface area contributed by atoms with Crippen molar-refractivity contribution >= 4 is 46.7 Å². The van der Waals surface area contributed by atoms with Gasteiger partial charge in [0.15, 0.2) is 0 Å². The molecule has 0 radical (unpaired) electrons. The van der Waals surface area contributed by atoms with Crippen molar-refractivity contribution in [3.8, 4) is 11.5 Å². The predicted octanol–water partition coefficient (Wildman–Crippen LogP) is 8.25. The van der Waals surface area contributed by atoms with E-state index in [4.69, 9.17) is 9.47 Å². The summed E-state index contributed by atoms with van der Waals surface area (Å²) in [4.78, 5) is 67.8. The van der Waals surface area contributed by atoms with Crippen molar-refractivity contribution in [3.05, 3.63) is 94.7 Å². The molecule has 2 aromatic heterocycles. The molecule has 4 heterocycles. The molecule has 0 spiro atoms. The number of benzene rings is 2. The Morgan fingerprint density at radius 2 is 1.14 bits per heavy atom. The Morgan fingerprint density at radius 3 is 1.59 bits per heavy atom. The predicted molar refractivity (Wildman–Crippen MR) is 245 cm³/mol. The molecule has 4 amide bonds. The number of aryl methyl sites for hydroxylation is 1. The minimum Gasteiger partial charge on any atom is -0.410 e. The molecule has 4 aliphatic rings. The quantitative estimate of drug-likeness (QED) is 0.151. The summed E-state index contributed by atoms with van der Waals surface area (Å²) in [5, 5.41) is 5.97. The topological polar surface area (TPSA) is 150 Å². The maximum atomic E-state index is 12.5. The van der Waals surface area contributed by atoms with E-state index in [9.17, 15) is 19.2 Å². The molecule has 0 bridgehead atoms.